The first kappa shape index (κ1) is 18.5. The van der Waals surface area contributed by atoms with Gasteiger partial charge in [-0.1, -0.05) is 17.7 Å². The zero-order chi connectivity index (χ0) is 19.6. The smallest absolute Gasteiger partial charge is 0.259 e. The average molecular weight is 366 g/mol. The summed E-state index contributed by atoms with van der Waals surface area (Å²) in [6.07, 6.45) is 0. The molecule has 0 aliphatic rings. The van der Waals surface area contributed by atoms with E-state index < -0.39 is 0 Å². The maximum Gasteiger partial charge on any atom is 0.259 e. The average Bonchev–Trinajstić information content (AvgIpc) is 2.66. The maximum absolute atomic E-state index is 12.7. The Bertz CT molecular complexity index is 1050. The third kappa shape index (κ3) is 3.65. The summed E-state index contributed by atoms with van der Waals surface area (Å²) in [7, 11) is 2.98. The molecule has 0 fully saturated rings. The number of H-pyrrole nitrogens is 1. The Balaban J connectivity index is 1.90. The Morgan fingerprint density at radius 2 is 1.74 bits per heavy atom. The van der Waals surface area contributed by atoms with Crippen molar-refractivity contribution in [1.82, 2.24) is 10.3 Å². The summed E-state index contributed by atoms with van der Waals surface area (Å²) in [5.74, 6) is 0.445. The monoisotopic (exact) mass is 366 g/mol. The number of nitrogens with one attached hydrogen (secondary N) is 2. The van der Waals surface area contributed by atoms with Gasteiger partial charge < -0.3 is 19.8 Å². The van der Waals surface area contributed by atoms with Gasteiger partial charge in [0, 0.05) is 12.1 Å². The van der Waals surface area contributed by atoms with Gasteiger partial charge in [-0.2, -0.15) is 0 Å². The Kier molecular flexibility index (Phi) is 5.16. The van der Waals surface area contributed by atoms with Gasteiger partial charge >= 0.3 is 0 Å². The summed E-state index contributed by atoms with van der Waals surface area (Å²) in [5.41, 5.74) is 3.49. The molecule has 0 radical (unpaired) electrons. The van der Waals surface area contributed by atoms with Crippen molar-refractivity contribution >= 4 is 16.8 Å². The Morgan fingerprint density at radius 3 is 2.37 bits per heavy atom. The topological polar surface area (TPSA) is 80.4 Å². The fourth-order valence-electron chi connectivity index (χ4n) is 3.20. The van der Waals surface area contributed by atoms with Crippen molar-refractivity contribution in [2.45, 2.75) is 20.4 Å². The van der Waals surface area contributed by atoms with Gasteiger partial charge in [0.15, 0.2) is 0 Å². The highest BCUT2D eigenvalue weighted by atomic mass is 16.5. The highest BCUT2D eigenvalue weighted by Gasteiger charge is 2.18. The quantitative estimate of drug-likeness (QED) is 0.727. The molecule has 1 amide bonds. The minimum atomic E-state index is -0.371. The lowest BCUT2D eigenvalue weighted by molar-refractivity contribution is 0.0944. The zero-order valence-electron chi connectivity index (χ0n) is 15.8. The zero-order valence-corrected chi connectivity index (χ0v) is 15.8. The van der Waals surface area contributed by atoms with Gasteiger partial charge in [0.25, 0.3) is 11.5 Å². The van der Waals surface area contributed by atoms with Crippen molar-refractivity contribution < 1.29 is 14.3 Å². The van der Waals surface area contributed by atoms with Gasteiger partial charge in [0.05, 0.1) is 19.7 Å². The van der Waals surface area contributed by atoms with E-state index in [1.54, 1.807) is 18.2 Å². The highest BCUT2D eigenvalue weighted by molar-refractivity contribution is 5.99. The van der Waals surface area contributed by atoms with Crippen LogP contribution in [0.4, 0.5) is 0 Å². The number of amides is 1. The Morgan fingerprint density at radius 1 is 1.07 bits per heavy atom. The van der Waals surface area contributed by atoms with Crippen LogP contribution in [0.3, 0.4) is 0 Å². The molecule has 140 valence electrons. The molecule has 0 bridgehead atoms. The van der Waals surface area contributed by atoms with E-state index in [0.717, 1.165) is 22.0 Å². The molecule has 0 unspecified atom stereocenters. The number of aryl methyl sites for hydroxylation is 2. The first-order valence-electron chi connectivity index (χ1n) is 8.57. The van der Waals surface area contributed by atoms with Crippen molar-refractivity contribution in [2.75, 3.05) is 14.2 Å². The molecule has 0 spiro atoms. The summed E-state index contributed by atoms with van der Waals surface area (Å²) < 4.78 is 10.5. The molecule has 1 aromatic heterocycles. The third-order valence-corrected chi connectivity index (χ3v) is 4.46. The number of hydrogen-bond donors (Lipinski definition) is 2. The number of ether oxygens (including phenoxy) is 2. The fraction of sp³-hybridized carbons (Fsp3) is 0.238. The molecule has 27 heavy (non-hydrogen) atoms. The number of benzene rings is 2. The van der Waals surface area contributed by atoms with E-state index in [2.05, 4.69) is 10.3 Å². The SMILES string of the molecule is COc1cccc(OC)c1C(=O)NCc1cc2cc(C)cc(C)c2[nH]c1=O. The first-order chi connectivity index (χ1) is 12.9. The van der Waals surface area contributed by atoms with Crippen LogP contribution in [-0.2, 0) is 6.54 Å². The van der Waals surface area contributed by atoms with E-state index in [1.807, 2.05) is 32.0 Å². The van der Waals surface area contributed by atoms with Crippen LogP contribution in [0.15, 0.2) is 41.2 Å². The second kappa shape index (κ2) is 7.53. The van der Waals surface area contributed by atoms with Crippen LogP contribution < -0.4 is 20.3 Å². The minimum absolute atomic E-state index is 0.0955. The van der Waals surface area contributed by atoms with E-state index in [9.17, 15) is 9.59 Å². The normalized spacial score (nSPS) is 10.7. The molecule has 0 aliphatic heterocycles. The van der Waals surface area contributed by atoms with Crippen molar-refractivity contribution in [3.05, 3.63) is 69.0 Å². The first-order valence-corrected chi connectivity index (χ1v) is 8.57. The summed E-state index contributed by atoms with van der Waals surface area (Å²) in [6, 6.07) is 11.0. The number of carbonyl (C=O) groups is 1. The molecule has 0 saturated heterocycles. The van der Waals surface area contributed by atoms with Crippen molar-refractivity contribution in [3.63, 3.8) is 0 Å². The van der Waals surface area contributed by atoms with Crippen molar-refractivity contribution in [3.8, 4) is 11.5 Å². The van der Waals surface area contributed by atoms with Gasteiger partial charge in [-0.3, -0.25) is 9.59 Å². The molecule has 2 N–H and O–H groups in total. The van der Waals surface area contributed by atoms with Crippen LogP contribution in [0.5, 0.6) is 11.5 Å². The van der Waals surface area contributed by atoms with E-state index in [0.29, 0.717) is 22.6 Å². The molecule has 3 aromatic rings. The summed E-state index contributed by atoms with van der Waals surface area (Å²) >= 11 is 0. The second-order valence-corrected chi connectivity index (χ2v) is 6.39. The van der Waals surface area contributed by atoms with Gasteiger partial charge in [0.1, 0.15) is 17.1 Å². The number of hydrogen-bond acceptors (Lipinski definition) is 4. The molecule has 2 aromatic carbocycles. The number of aromatic nitrogens is 1. The fourth-order valence-corrected chi connectivity index (χ4v) is 3.20. The summed E-state index contributed by atoms with van der Waals surface area (Å²) in [6.45, 7) is 4.06. The number of methoxy groups -OCH3 is 2. The van der Waals surface area contributed by atoms with Crippen molar-refractivity contribution in [2.24, 2.45) is 0 Å². The van der Waals surface area contributed by atoms with Crippen LogP contribution >= 0.6 is 0 Å². The van der Waals surface area contributed by atoms with Crippen LogP contribution in [-0.4, -0.2) is 25.1 Å². The number of aromatic amines is 1. The predicted molar refractivity (Wildman–Crippen MR) is 105 cm³/mol. The lowest BCUT2D eigenvalue weighted by Crippen LogP contribution is -2.27. The van der Waals surface area contributed by atoms with E-state index >= 15 is 0 Å². The van der Waals surface area contributed by atoms with Crippen LogP contribution in [0, 0.1) is 13.8 Å². The molecule has 0 atom stereocenters. The number of carbonyl (C=O) groups excluding carboxylic acids is 1. The van der Waals surface area contributed by atoms with E-state index in [4.69, 9.17) is 9.47 Å². The van der Waals surface area contributed by atoms with Gasteiger partial charge in [-0.15, -0.1) is 0 Å². The van der Waals surface area contributed by atoms with E-state index in [-0.39, 0.29) is 18.0 Å². The lowest BCUT2D eigenvalue weighted by atomic mass is 10.1. The molecule has 6 nitrogen and oxygen atoms in total. The molecular formula is C21H22N2O4. The van der Waals surface area contributed by atoms with Gasteiger partial charge in [0.2, 0.25) is 0 Å². The lowest BCUT2D eigenvalue weighted by Gasteiger charge is -2.13. The number of rotatable bonds is 5. The second-order valence-electron chi connectivity index (χ2n) is 6.39. The largest absolute Gasteiger partial charge is 0.496 e. The maximum atomic E-state index is 12.7. The predicted octanol–water partition coefficient (Wildman–Crippen LogP) is 3.09. The summed E-state index contributed by atoms with van der Waals surface area (Å²) in [5, 5.41) is 3.72. The molecule has 0 saturated carbocycles. The Labute approximate surface area is 157 Å². The summed E-state index contributed by atoms with van der Waals surface area (Å²) in [4.78, 5) is 28.0. The molecule has 0 aliphatic carbocycles. The molecular weight excluding hydrogens is 344 g/mol. The van der Waals surface area contributed by atoms with Crippen LogP contribution in [0.25, 0.3) is 10.9 Å². The van der Waals surface area contributed by atoms with E-state index in [1.165, 1.54) is 14.2 Å². The number of fused-ring (bicyclic) bond motifs is 1. The highest BCUT2D eigenvalue weighted by Crippen LogP contribution is 2.28. The minimum Gasteiger partial charge on any atom is -0.496 e. The molecule has 3 rings (SSSR count). The molecule has 6 heteroatoms. The van der Waals surface area contributed by atoms with Crippen molar-refractivity contribution in [1.29, 1.82) is 0 Å². The Hall–Kier alpha value is -3.28. The molecule has 1 heterocycles. The standard InChI is InChI=1S/C21H22N2O4/c1-12-8-13(2)19-14(9-12)10-15(20(24)23-19)11-22-21(25)18-16(26-3)6-5-7-17(18)27-4/h5-10H,11H2,1-4H3,(H,22,25)(H,23,24). The van der Waals surface area contributed by atoms with Crippen LogP contribution in [0.1, 0.15) is 27.0 Å². The van der Waals surface area contributed by atoms with Crippen LogP contribution in [0.2, 0.25) is 0 Å². The van der Waals surface area contributed by atoms with Gasteiger partial charge in [-0.25, -0.2) is 0 Å². The number of pyridine rings is 1. The van der Waals surface area contributed by atoms with Gasteiger partial charge in [-0.05, 0) is 49.1 Å². The third-order valence-electron chi connectivity index (χ3n) is 4.46.